The lowest BCUT2D eigenvalue weighted by atomic mass is 10.0. The van der Waals surface area contributed by atoms with Gasteiger partial charge in [-0.2, -0.15) is 13.2 Å². The number of benzene rings is 3. The minimum atomic E-state index is -4.40. The van der Waals surface area contributed by atoms with Crippen molar-refractivity contribution in [2.75, 3.05) is 30.3 Å². The van der Waals surface area contributed by atoms with E-state index in [4.69, 9.17) is 0 Å². The van der Waals surface area contributed by atoms with Crippen LogP contribution in [-0.4, -0.2) is 36.5 Å². The summed E-state index contributed by atoms with van der Waals surface area (Å²) in [6, 6.07) is 23.4. The quantitative estimate of drug-likeness (QED) is 0.489. The monoisotopic (exact) mass is 453 g/mol. The van der Waals surface area contributed by atoms with Gasteiger partial charge >= 0.3 is 6.18 Å². The summed E-state index contributed by atoms with van der Waals surface area (Å²) in [5, 5.41) is 6.18. The van der Waals surface area contributed by atoms with Crippen molar-refractivity contribution in [3.8, 4) is 11.1 Å². The minimum Gasteiger partial charge on any atom is -0.382 e. The molecule has 4 rings (SSSR count). The van der Waals surface area contributed by atoms with E-state index in [1.54, 1.807) is 11.0 Å². The van der Waals surface area contributed by atoms with E-state index < -0.39 is 11.7 Å². The maximum absolute atomic E-state index is 13.2. The van der Waals surface area contributed by atoms with E-state index in [2.05, 4.69) is 10.6 Å². The lowest BCUT2D eigenvalue weighted by Gasteiger charge is -2.33. The summed E-state index contributed by atoms with van der Waals surface area (Å²) in [5.74, 6) is -0.0173. The zero-order valence-electron chi connectivity index (χ0n) is 18.1. The van der Waals surface area contributed by atoms with E-state index in [9.17, 15) is 18.0 Å². The summed E-state index contributed by atoms with van der Waals surface area (Å²) in [7, 11) is 0. The predicted molar refractivity (Wildman–Crippen MR) is 125 cm³/mol. The van der Waals surface area contributed by atoms with Crippen molar-refractivity contribution in [3.63, 3.8) is 0 Å². The highest BCUT2D eigenvalue weighted by molar-refractivity contribution is 5.81. The van der Waals surface area contributed by atoms with Crippen LogP contribution in [-0.2, 0) is 11.0 Å². The molecule has 0 aliphatic carbocycles. The average Bonchev–Trinajstić information content (AvgIpc) is 2.83. The fourth-order valence-corrected chi connectivity index (χ4v) is 4.05. The molecule has 1 amide bonds. The lowest BCUT2D eigenvalue weighted by molar-refractivity contribution is -0.137. The largest absolute Gasteiger partial charge is 0.418 e. The fraction of sp³-hybridized carbons (Fsp3) is 0.269. The van der Waals surface area contributed by atoms with E-state index in [0.29, 0.717) is 25.9 Å². The van der Waals surface area contributed by atoms with Gasteiger partial charge in [0.05, 0.1) is 12.1 Å². The van der Waals surface area contributed by atoms with Crippen LogP contribution in [0.15, 0.2) is 78.9 Å². The summed E-state index contributed by atoms with van der Waals surface area (Å²) < 4.78 is 39.6. The zero-order valence-corrected chi connectivity index (χ0v) is 18.1. The van der Waals surface area contributed by atoms with Gasteiger partial charge in [0.25, 0.3) is 0 Å². The van der Waals surface area contributed by atoms with Gasteiger partial charge in [-0.15, -0.1) is 0 Å². The number of hydrogen-bond donors (Lipinski definition) is 2. The van der Waals surface area contributed by atoms with E-state index >= 15 is 0 Å². The molecule has 33 heavy (non-hydrogen) atoms. The maximum atomic E-state index is 13.2. The first kappa shape index (κ1) is 22.7. The number of hydrogen-bond acceptors (Lipinski definition) is 3. The van der Waals surface area contributed by atoms with Crippen molar-refractivity contribution >= 4 is 17.3 Å². The van der Waals surface area contributed by atoms with Gasteiger partial charge in [-0.3, -0.25) is 4.79 Å². The summed E-state index contributed by atoms with van der Waals surface area (Å²) in [6.07, 6.45) is -3.20. The first-order chi connectivity index (χ1) is 15.9. The Morgan fingerprint density at radius 3 is 2.12 bits per heavy atom. The molecule has 4 nitrogen and oxygen atoms in total. The Kier molecular flexibility index (Phi) is 6.87. The van der Waals surface area contributed by atoms with Crippen LogP contribution in [0.4, 0.5) is 24.5 Å². The third kappa shape index (κ3) is 5.86. The lowest BCUT2D eigenvalue weighted by Crippen LogP contribution is -2.44. The van der Waals surface area contributed by atoms with Crippen molar-refractivity contribution < 1.29 is 18.0 Å². The van der Waals surface area contributed by atoms with Crippen molar-refractivity contribution in [2.24, 2.45) is 0 Å². The number of amides is 1. The second kappa shape index (κ2) is 9.98. The van der Waals surface area contributed by atoms with Gasteiger partial charge in [0, 0.05) is 30.5 Å². The molecule has 0 bridgehead atoms. The van der Waals surface area contributed by atoms with E-state index in [1.165, 1.54) is 12.1 Å². The first-order valence-corrected chi connectivity index (χ1v) is 11.0. The molecule has 2 N–H and O–H groups in total. The van der Waals surface area contributed by atoms with Crippen LogP contribution in [0.2, 0.25) is 0 Å². The number of likely N-dealkylation sites (tertiary alicyclic amines) is 1. The van der Waals surface area contributed by atoms with Crippen LogP contribution in [0, 0.1) is 0 Å². The smallest absolute Gasteiger partial charge is 0.382 e. The topological polar surface area (TPSA) is 44.4 Å². The molecule has 3 aromatic rings. The fourth-order valence-electron chi connectivity index (χ4n) is 4.05. The number of carbonyl (C=O) groups excluding carboxylic acids is 1. The number of para-hydroxylation sites is 1. The molecule has 0 radical (unpaired) electrons. The first-order valence-electron chi connectivity index (χ1n) is 11.0. The number of piperidine rings is 1. The highest BCUT2D eigenvalue weighted by atomic mass is 19.4. The van der Waals surface area contributed by atoms with Crippen molar-refractivity contribution in [1.29, 1.82) is 0 Å². The Morgan fingerprint density at radius 2 is 1.45 bits per heavy atom. The molecule has 7 heteroatoms. The van der Waals surface area contributed by atoms with Crippen LogP contribution in [0.25, 0.3) is 11.1 Å². The van der Waals surface area contributed by atoms with Gasteiger partial charge in [-0.05, 0) is 48.2 Å². The Morgan fingerprint density at radius 1 is 0.848 bits per heavy atom. The van der Waals surface area contributed by atoms with Gasteiger partial charge in [0.1, 0.15) is 0 Å². The molecule has 1 aliphatic rings. The molecular formula is C26H26F3N3O. The molecule has 1 saturated heterocycles. The number of rotatable bonds is 6. The van der Waals surface area contributed by atoms with Crippen molar-refractivity contribution in [2.45, 2.75) is 25.1 Å². The summed E-state index contributed by atoms with van der Waals surface area (Å²) in [5.41, 5.74) is 2.54. The van der Waals surface area contributed by atoms with Gasteiger partial charge in [-0.25, -0.2) is 0 Å². The van der Waals surface area contributed by atoms with Crippen LogP contribution in [0.5, 0.6) is 0 Å². The third-order valence-electron chi connectivity index (χ3n) is 5.88. The maximum Gasteiger partial charge on any atom is 0.418 e. The number of nitrogens with one attached hydrogen (secondary N) is 2. The number of alkyl halides is 3. The molecule has 1 fully saturated rings. The van der Waals surface area contributed by atoms with Crippen molar-refractivity contribution in [3.05, 3.63) is 84.4 Å². The number of carbonyl (C=O) groups is 1. The molecule has 1 heterocycles. The van der Waals surface area contributed by atoms with E-state index in [-0.39, 0.29) is 24.2 Å². The second-order valence-electron chi connectivity index (χ2n) is 8.14. The van der Waals surface area contributed by atoms with E-state index in [0.717, 1.165) is 22.9 Å². The zero-order chi connectivity index (χ0) is 23.3. The Labute approximate surface area is 191 Å². The highest BCUT2D eigenvalue weighted by Crippen LogP contribution is 2.35. The van der Waals surface area contributed by atoms with Crippen molar-refractivity contribution in [1.82, 2.24) is 4.90 Å². The molecule has 3 aromatic carbocycles. The molecule has 172 valence electrons. The van der Waals surface area contributed by atoms with Gasteiger partial charge in [0.15, 0.2) is 0 Å². The minimum absolute atomic E-state index is 0.0173. The van der Waals surface area contributed by atoms with Crippen LogP contribution in [0.1, 0.15) is 18.4 Å². The molecule has 0 spiro atoms. The van der Waals surface area contributed by atoms with E-state index in [1.807, 2.05) is 54.6 Å². The third-order valence-corrected chi connectivity index (χ3v) is 5.88. The summed E-state index contributed by atoms with van der Waals surface area (Å²) in [4.78, 5) is 14.4. The molecular weight excluding hydrogens is 427 g/mol. The predicted octanol–water partition coefficient (Wildman–Crippen LogP) is 5.89. The average molecular weight is 454 g/mol. The standard InChI is InChI=1S/C26H26F3N3O/c27-26(28,29)23-8-4-5-9-24(23)31-22-14-16-32(17-15-22)25(33)18-30-21-12-10-20(11-13-21)19-6-2-1-3-7-19/h1-13,22,30-31H,14-18H2. The van der Waals surface area contributed by atoms with Crippen LogP contribution >= 0.6 is 0 Å². The second-order valence-corrected chi connectivity index (χ2v) is 8.14. The Balaban J connectivity index is 1.25. The number of halogens is 3. The van der Waals surface area contributed by atoms with Gasteiger partial charge in [-0.1, -0.05) is 54.6 Å². The molecule has 0 unspecified atom stereocenters. The summed E-state index contributed by atoms with van der Waals surface area (Å²) in [6.45, 7) is 1.21. The Bertz CT molecular complexity index is 1060. The molecule has 0 atom stereocenters. The molecule has 0 aromatic heterocycles. The molecule has 0 saturated carbocycles. The van der Waals surface area contributed by atoms with Crippen LogP contribution < -0.4 is 10.6 Å². The highest BCUT2D eigenvalue weighted by Gasteiger charge is 2.34. The number of anilines is 2. The SMILES string of the molecule is O=C(CNc1ccc(-c2ccccc2)cc1)N1CCC(Nc2ccccc2C(F)(F)F)CC1. The normalized spacial score (nSPS) is 14.7. The number of nitrogens with zero attached hydrogens (tertiary/aromatic N) is 1. The Hall–Kier alpha value is -3.48. The van der Waals surface area contributed by atoms with Gasteiger partial charge in [0.2, 0.25) is 5.91 Å². The van der Waals surface area contributed by atoms with Gasteiger partial charge < -0.3 is 15.5 Å². The summed E-state index contributed by atoms with van der Waals surface area (Å²) >= 11 is 0. The molecule has 1 aliphatic heterocycles. The van der Waals surface area contributed by atoms with Crippen LogP contribution in [0.3, 0.4) is 0 Å².